The van der Waals surface area contributed by atoms with Crippen LogP contribution >= 0.6 is 0 Å². The van der Waals surface area contributed by atoms with Crippen LogP contribution in [-0.2, 0) is 0 Å². The lowest BCUT2D eigenvalue weighted by Crippen LogP contribution is -2.50. The van der Waals surface area contributed by atoms with Gasteiger partial charge >= 0.3 is 6.18 Å². The Hall–Kier alpha value is -0.290. The summed E-state index contributed by atoms with van der Waals surface area (Å²) in [5.41, 5.74) is 0. The SMILES string of the molecule is O[C@@H]1CC[C@H]1NCC(F)(F)F. The minimum atomic E-state index is -4.17. The van der Waals surface area contributed by atoms with E-state index in [1.807, 2.05) is 0 Å². The van der Waals surface area contributed by atoms with Crippen molar-refractivity contribution in [3.05, 3.63) is 0 Å². The zero-order valence-electron chi connectivity index (χ0n) is 5.86. The Morgan fingerprint density at radius 1 is 1.36 bits per heavy atom. The molecular formula is C6H10F3NO. The van der Waals surface area contributed by atoms with E-state index in [4.69, 9.17) is 5.11 Å². The molecule has 0 saturated heterocycles. The molecule has 1 fully saturated rings. The van der Waals surface area contributed by atoms with Gasteiger partial charge in [0.1, 0.15) is 0 Å². The van der Waals surface area contributed by atoms with Gasteiger partial charge in [-0.15, -0.1) is 0 Å². The number of halogens is 3. The molecule has 0 aromatic carbocycles. The summed E-state index contributed by atoms with van der Waals surface area (Å²) >= 11 is 0. The third kappa shape index (κ3) is 2.67. The number of hydrogen-bond donors (Lipinski definition) is 2. The van der Waals surface area contributed by atoms with E-state index in [9.17, 15) is 13.2 Å². The molecule has 2 N–H and O–H groups in total. The van der Waals surface area contributed by atoms with Crippen molar-refractivity contribution >= 4 is 0 Å². The molecule has 0 amide bonds. The number of hydrogen-bond acceptors (Lipinski definition) is 2. The Bertz CT molecular complexity index is 136. The molecule has 1 saturated carbocycles. The highest BCUT2D eigenvalue weighted by atomic mass is 19.4. The van der Waals surface area contributed by atoms with Crippen LogP contribution in [0.2, 0.25) is 0 Å². The summed E-state index contributed by atoms with van der Waals surface area (Å²) in [5.74, 6) is 0. The molecule has 0 heterocycles. The van der Waals surface area contributed by atoms with Gasteiger partial charge in [0.25, 0.3) is 0 Å². The lowest BCUT2D eigenvalue weighted by molar-refractivity contribution is -0.130. The molecule has 0 aromatic heterocycles. The van der Waals surface area contributed by atoms with Crippen LogP contribution < -0.4 is 5.32 Å². The standard InChI is InChI=1S/C6H10F3NO/c7-6(8,9)3-10-4-1-2-5(4)11/h4-5,10-11H,1-3H2/t4-,5-/m1/s1. The van der Waals surface area contributed by atoms with E-state index in [1.165, 1.54) is 0 Å². The Morgan fingerprint density at radius 3 is 2.27 bits per heavy atom. The largest absolute Gasteiger partial charge is 0.401 e. The molecule has 66 valence electrons. The Balaban J connectivity index is 2.12. The van der Waals surface area contributed by atoms with Crippen LogP contribution in [0.1, 0.15) is 12.8 Å². The van der Waals surface area contributed by atoms with E-state index >= 15 is 0 Å². The molecule has 11 heavy (non-hydrogen) atoms. The number of alkyl halides is 3. The first-order valence-corrected chi connectivity index (χ1v) is 3.47. The molecule has 1 aliphatic carbocycles. The fourth-order valence-corrected chi connectivity index (χ4v) is 0.967. The normalized spacial score (nSPS) is 31.6. The topological polar surface area (TPSA) is 32.3 Å². The summed E-state index contributed by atoms with van der Waals surface area (Å²) in [6.45, 7) is -1.01. The summed E-state index contributed by atoms with van der Waals surface area (Å²) in [7, 11) is 0. The van der Waals surface area contributed by atoms with Crippen LogP contribution in [0.15, 0.2) is 0 Å². The predicted octanol–water partition coefficient (Wildman–Crippen LogP) is 0.662. The van der Waals surface area contributed by atoms with E-state index in [0.29, 0.717) is 12.8 Å². The van der Waals surface area contributed by atoms with E-state index in [1.54, 1.807) is 0 Å². The molecule has 0 radical (unpaired) electrons. The summed E-state index contributed by atoms with van der Waals surface area (Å²) < 4.78 is 34.7. The van der Waals surface area contributed by atoms with Crippen molar-refractivity contribution in [2.45, 2.75) is 31.2 Å². The summed E-state index contributed by atoms with van der Waals surface area (Å²) in [5, 5.41) is 11.1. The molecule has 1 rings (SSSR count). The second kappa shape index (κ2) is 2.98. The van der Waals surface area contributed by atoms with Gasteiger partial charge in [-0.2, -0.15) is 13.2 Å². The van der Waals surface area contributed by atoms with Gasteiger partial charge in [0.15, 0.2) is 0 Å². The first-order chi connectivity index (χ1) is 4.99. The average molecular weight is 169 g/mol. The molecule has 0 spiro atoms. The smallest absolute Gasteiger partial charge is 0.392 e. The number of aliphatic hydroxyl groups excluding tert-OH is 1. The number of nitrogens with one attached hydrogen (secondary N) is 1. The van der Waals surface area contributed by atoms with Gasteiger partial charge in [-0.25, -0.2) is 0 Å². The van der Waals surface area contributed by atoms with Crippen molar-refractivity contribution in [1.82, 2.24) is 5.32 Å². The molecule has 0 bridgehead atoms. The van der Waals surface area contributed by atoms with Gasteiger partial charge < -0.3 is 10.4 Å². The molecule has 2 atom stereocenters. The van der Waals surface area contributed by atoms with Gasteiger partial charge in [0.2, 0.25) is 0 Å². The lowest BCUT2D eigenvalue weighted by atomic mass is 9.89. The van der Waals surface area contributed by atoms with Gasteiger partial charge in [-0.3, -0.25) is 0 Å². The minimum Gasteiger partial charge on any atom is -0.392 e. The van der Waals surface area contributed by atoms with Crippen LogP contribution in [0.25, 0.3) is 0 Å². The van der Waals surface area contributed by atoms with Gasteiger partial charge in [0.05, 0.1) is 12.6 Å². The monoisotopic (exact) mass is 169 g/mol. The van der Waals surface area contributed by atoms with Gasteiger partial charge in [-0.05, 0) is 12.8 Å². The highest BCUT2D eigenvalue weighted by molar-refractivity contribution is 4.86. The molecule has 5 heteroatoms. The van der Waals surface area contributed by atoms with Crippen LogP contribution in [0.3, 0.4) is 0 Å². The summed E-state index contributed by atoms with van der Waals surface area (Å²) in [6, 6.07) is -0.350. The fraction of sp³-hybridized carbons (Fsp3) is 1.00. The van der Waals surface area contributed by atoms with E-state index in [2.05, 4.69) is 5.32 Å². The van der Waals surface area contributed by atoms with Crippen molar-refractivity contribution in [2.75, 3.05) is 6.54 Å². The van der Waals surface area contributed by atoms with E-state index in [0.717, 1.165) is 0 Å². The Kier molecular flexibility index (Phi) is 2.39. The summed E-state index contributed by atoms with van der Waals surface area (Å²) in [6.07, 6.45) is -3.51. The first-order valence-electron chi connectivity index (χ1n) is 3.47. The maximum Gasteiger partial charge on any atom is 0.401 e. The molecule has 1 aliphatic rings. The summed E-state index contributed by atoms with van der Waals surface area (Å²) in [4.78, 5) is 0. The van der Waals surface area contributed by atoms with Crippen LogP contribution in [0.5, 0.6) is 0 Å². The third-order valence-corrected chi connectivity index (χ3v) is 1.80. The van der Waals surface area contributed by atoms with Crippen molar-refractivity contribution in [2.24, 2.45) is 0 Å². The van der Waals surface area contributed by atoms with Gasteiger partial charge in [-0.1, -0.05) is 0 Å². The highest BCUT2D eigenvalue weighted by Gasteiger charge is 2.33. The zero-order chi connectivity index (χ0) is 8.48. The molecular weight excluding hydrogens is 159 g/mol. The number of rotatable bonds is 2. The van der Waals surface area contributed by atoms with Crippen molar-refractivity contribution < 1.29 is 18.3 Å². The maximum atomic E-state index is 11.6. The van der Waals surface area contributed by atoms with Crippen LogP contribution in [0, 0.1) is 0 Å². The van der Waals surface area contributed by atoms with Crippen molar-refractivity contribution in [1.29, 1.82) is 0 Å². The fourth-order valence-electron chi connectivity index (χ4n) is 0.967. The van der Waals surface area contributed by atoms with Gasteiger partial charge in [0, 0.05) is 6.04 Å². The van der Waals surface area contributed by atoms with E-state index < -0.39 is 18.8 Å². The number of aliphatic hydroxyl groups is 1. The third-order valence-electron chi connectivity index (χ3n) is 1.80. The zero-order valence-corrected chi connectivity index (χ0v) is 5.86. The first kappa shape index (κ1) is 8.80. The Morgan fingerprint density at radius 2 is 2.00 bits per heavy atom. The van der Waals surface area contributed by atoms with Crippen LogP contribution in [0.4, 0.5) is 13.2 Å². The quantitative estimate of drug-likeness (QED) is 0.636. The molecule has 0 unspecified atom stereocenters. The predicted molar refractivity (Wildman–Crippen MR) is 33.1 cm³/mol. The molecule has 2 nitrogen and oxygen atoms in total. The molecule has 0 aromatic rings. The highest BCUT2D eigenvalue weighted by Crippen LogP contribution is 2.21. The second-order valence-corrected chi connectivity index (χ2v) is 2.75. The van der Waals surface area contributed by atoms with E-state index in [-0.39, 0.29) is 6.04 Å². The molecule has 0 aliphatic heterocycles. The second-order valence-electron chi connectivity index (χ2n) is 2.75. The Labute approximate surface area is 62.4 Å². The minimum absolute atomic E-state index is 0.350. The van der Waals surface area contributed by atoms with Crippen molar-refractivity contribution in [3.8, 4) is 0 Å². The average Bonchev–Trinajstić information content (AvgIpc) is 1.82. The van der Waals surface area contributed by atoms with Crippen LogP contribution in [-0.4, -0.2) is 30.0 Å². The maximum absolute atomic E-state index is 11.6. The lowest BCUT2D eigenvalue weighted by Gasteiger charge is -2.33. The van der Waals surface area contributed by atoms with Crippen molar-refractivity contribution in [3.63, 3.8) is 0 Å².